The molecule has 5 atom stereocenters. The van der Waals surface area contributed by atoms with Gasteiger partial charge in [0.25, 0.3) is 0 Å². The van der Waals surface area contributed by atoms with Crippen LogP contribution >= 0.6 is 11.8 Å². The Hall–Kier alpha value is -0.590. The van der Waals surface area contributed by atoms with Crippen molar-refractivity contribution in [3.63, 3.8) is 0 Å². The summed E-state index contributed by atoms with van der Waals surface area (Å²) in [5.41, 5.74) is 2.43. The van der Waals surface area contributed by atoms with E-state index in [4.69, 9.17) is 14.2 Å². The maximum atomic E-state index is 10.4. The molecule has 0 saturated carbocycles. The van der Waals surface area contributed by atoms with Gasteiger partial charge in [-0.1, -0.05) is 51.6 Å². The van der Waals surface area contributed by atoms with E-state index >= 15 is 0 Å². The van der Waals surface area contributed by atoms with Crippen LogP contribution in [0.2, 0.25) is 0 Å². The van der Waals surface area contributed by atoms with Crippen LogP contribution in [0.3, 0.4) is 0 Å². The molecule has 3 rings (SSSR count). The van der Waals surface area contributed by atoms with Gasteiger partial charge in [0.15, 0.2) is 5.79 Å². The van der Waals surface area contributed by atoms with Crippen LogP contribution in [-0.4, -0.2) is 40.7 Å². The molecule has 26 heavy (non-hydrogen) atoms. The van der Waals surface area contributed by atoms with Crippen LogP contribution in [0.15, 0.2) is 23.1 Å². The first-order valence-corrected chi connectivity index (χ1v) is 10.4. The Morgan fingerprint density at radius 1 is 1.19 bits per heavy atom. The molecule has 0 unspecified atom stereocenters. The van der Waals surface area contributed by atoms with Gasteiger partial charge < -0.3 is 19.3 Å². The Bertz CT molecular complexity index is 652. The summed E-state index contributed by atoms with van der Waals surface area (Å²) in [5.74, 6) is -0.647. The van der Waals surface area contributed by atoms with Crippen molar-refractivity contribution in [2.45, 2.75) is 101 Å². The van der Waals surface area contributed by atoms with E-state index in [1.165, 1.54) is 16.0 Å². The Morgan fingerprint density at radius 2 is 1.85 bits per heavy atom. The van der Waals surface area contributed by atoms with E-state index in [2.05, 4.69) is 45.9 Å². The van der Waals surface area contributed by atoms with Gasteiger partial charge in [-0.2, -0.15) is 0 Å². The highest BCUT2D eigenvalue weighted by molar-refractivity contribution is 7.99. The molecule has 0 amide bonds. The van der Waals surface area contributed by atoms with Crippen molar-refractivity contribution in [3.05, 3.63) is 29.3 Å². The SMILES string of the molecule is CC[C@@H](O)[C@H]1O[C@@H](Sc2cc(C(C)(C)C)ccc2C)[C@@H]2OC(C)(C)O[C@@H]21. The fourth-order valence-corrected chi connectivity index (χ4v) is 4.77. The number of rotatable bonds is 4. The summed E-state index contributed by atoms with van der Waals surface area (Å²) >= 11 is 1.68. The van der Waals surface area contributed by atoms with Crippen molar-refractivity contribution in [1.82, 2.24) is 0 Å². The van der Waals surface area contributed by atoms with Crippen LogP contribution in [0.5, 0.6) is 0 Å². The second-order valence-electron chi connectivity index (χ2n) is 8.86. The highest BCUT2D eigenvalue weighted by Crippen LogP contribution is 2.46. The molecule has 1 N–H and O–H groups in total. The Morgan fingerprint density at radius 3 is 2.46 bits per heavy atom. The zero-order chi connectivity index (χ0) is 19.3. The summed E-state index contributed by atoms with van der Waals surface area (Å²) < 4.78 is 18.4. The van der Waals surface area contributed by atoms with Crippen LogP contribution in [0, 0.1) is 6.92 Å². The van der Waals surface area contributed by atoms with Crippen molar-refractivity contribution < 1.29 is 19.3 Å². The van der Waals surface area contributed by atoms with E-state index in [0.717, 1.165) is 0 Å². The van der Waals surface area contributed by atoms with Crippen LogP contribution < -0.4 is 0 Å². The van der Waals surface area contributed by atoms with Crippen molar-refractivity contribution in [1.29, 1.82) is 0 Å². The smallest absolute Gasteiger partial charge is 0.164 e. The Kier molecular flexibility index (Phi) is 5.50. The number of benzene rings is 1. The third kappa shape index (κ3) is 3.97. The molecule has 0 aromatic heterocycles. The molecule has 146 valence electrons. The quantitative estimate of drug-likeness (QED) is 0.839. The van der Waals surface area contributed by atoms with Crippen LogP contribution in [-0.2, 0) is 19.6 Å². The van der Waals surface area contributed by atoms with Gasteiger partial charge in [0, 0.05) is 4.90 Å². The topological polar surface area (TPSA) is 47.9 Å². The fourth-order valence-electron chi connectivity index (χ4n) is 3.55. The van der Waals surface area contributed by atoms with Crippen LogP contribution in [0.25, 0.3) is 0 Å². The number of thioether (sulfide) groups is 1. The summed E-state index contributed by atoms with van der Waals surface area (Å²) in [6.07, 6.45) is -0.682. The van der Waals surface area contributed by atoms with Crippen LogP contribution in [0.1, 0.15) is 59.1 Å². The van der Waals surface area contributed by atoms with E-state index in [-0.39, 0.29) is 29.2 Å². The largest absolute Gasteiger partial charge is 0.390 e. The first kappa shape index (κ1) is 20.2. The summed E-state index contributed by atoms with van der Waals surface area (Å²) in [6.45, 7) is 14.6. The van der Waals surface area contributed by atoms with Crippen molar-refractivity contribution >= 4 is 11.8 Å². The summed E-state index contributed by atoms with van der Waals surface area (Å²) in [7, 11) is 0. The van der Waals surface area contributed by atoms with Gasteiger partial charge in [-0.15, -0.1) is 0 Å². The monoisotopic (exact) mass is 380 g/mol. The van der Waals surface area contributed by atoms with Gasteiger partial charge in [0.1, 0.15) is 23.7 Å². The van der Waals surface area contributed by atoms with Gasteiger partial charge in [-0.05, 0) is 49.8 Å². The van der Waals surface area contributed by atoms with E-state index in [0.29, 0.717) is 6.42 Å². The normalized spacial score (nSPS) is 31.8. The predicted molar refractivity (Wildman–Crippen MR) is 105 cm³/mol. The number of fused-ring (bicyclic) bond motifs is 1. The lowest BCUT2D eigenvalue weighted by molar-refractivity contribution is -0.188. The molecule has 2 aliphatic heterocycles. The molecule has 2 fully saturated rings. The molecule has 4 nitrogen and oxygen atoms in total. The summed E-state index contributed by atoms with van der Waals surface area (Å²) in [6, 6.07) is 6.62. The van der Waals surface area contributed by atoms with Crippen molar-refractivity contribution in [2.24, 2.45) is 0 Å². The number of aliphatic hydroxyl groups excluding tert-OH is 1. The van der Waals surface area contributed by atoms with E-state index in [1.807, 2.05) is 20.8 Å². The average molecular weight is 381 g/mol. The zero-order valence-electron chi connectivity index (χ0n) is 16.9. The Balaban J connectivity index is 1.85. The Labute approximate surface area is 161 Å². The minimum absolute atomic E-state index is 0.0952. The summed E-state index contributed by atoms with van der Waals surface area (Å²) in [5, 5.41) is 10.4. The molecule has 2 saturated heterocycles. The van der Waals surface area contributed by atoms with Crippen molar-refractivity contribution in [3.8, 4) is 0 Å². The zero-order valence-corrected chi connectivity index (χ0v) is 17.7. The molecule has 0 aliphatic carbocycles. The standard InChI is InChI=1S/C21H32O4S/c1-8-14(22)16-17-18(25-21(6,7)24-17)19(23-16)26-15-11-13(20(3,4)5)10-9-12(15)2/h9-11,14,16-19,22H,8H2,1-7H3/t14-,16-,17-,18-,19+/m1/s1. The molecule has 5 heteroatoms. The number of hydrogen-bond acceptors (Lipinski definition) is 5. The lowest BCUT2D eigenvalue weighted by Crippen LogP contribution is -2.38. The molecular weight excluding hydrogens is 348 g/mol. The highest BCUT2D eigenvalue weighted by atomic mass is 32.2. The molecule has 0 bridgehead atoms. The molecule has 0 radical (unpaired) electrons. The second kappa shape index (κ2) is 7.10. The predicted octanol–water partition coefficient (Wildman–Crippen LogP) is 4.40. The molecule has 2 heterocycles. The minimum Gasteiger partial charge on any atom is -0.390 e. The van der Waals surface area contributed by atoms with E-state index in [9.17, 15) is 5.11 Å². The fraction of sp³-hybridized carbons (Fsp3) is 0.714. The van der Waals surface area contributed by atoms with Gasteiger partial charge in [0.2, 0.25) is 0 Å². The average Bonchev–Trinajstić information content (AvgIpc) is 3.01. The minimum atomic E-state index is -0.647. The number of ether oxygens (including phenoxy) is 3. The summed E-state index contributed by atoms with van der Waals surface area (Å²) in [4.78, 5) is 1.20. The second-order valence-corrected chi connectivity index (χ2v) is 10.00. The van der Waals surface area contributed by atoms with E-state index in [1.54, 1.807) is 11.8 Å². The first-order valence-electron chi connectivity index (χ1n) is 9.49. The van der Waals surface area contributed by atoms with Gasteiger partial charge in [0.05, 0.1) is 6.10 Å². The number of aliphatic hydroxyl groups is 1. The molecule has 1 aromatic carbocycles. The maximum Gasteiger partial charge on any atom is 0.164 e. The molecular formula is C21H32O4S. The molecule has 2 aliphatic rings. The number of aryl methyl sites for hydroxylation is 1. The maximum absolute atomic E-state index is 10.4. The number of hydrogen-bond donors (Lipinski definition) is 1. The molecule has 1 aromatic rings. The lowest BCUT2D eigenvalue weighted by Gasteiger charge is -2.26. The molecule has 0 spiro atoms. The van der Waals surface area contributed by atoms with Gasteiger partial charge in [-0.3, -0.25) is 0 Å². The highest BCUT2D eigenvalue weighted by Gasteiger charge is 2.57. The lowest BCUT2D eigenvalue weighted by atomic mass is 9.87. The van der Waals surface area contributed by atoms with Gasteiger partial charge >= 0.3 is 0 Å². The van der Waals surface area contributed by atoms with Crippen molar-refractivity contribution in [2.75, 3.05) is 0 Å². The first-order chi connectivity index (χ1) is 12.0. The third-order valence-electron chi connectivity index (χ3n) is 5.14. The van der Waals surface area contributed by atoms with Crippen LogP contribution in [0.4, 0.5) is 0 Å². The van der Waals surface area contributed by atoms with E-state index < -0.39 is 11.9 Å². The third-order valence-corrected chi connectivity index (χ3v) is 6.45. The van der Waals surface area contributed by atoms with Gasteiger partial charge in [-0.25, -0.2) is 0 Å².